The first kappa shape index (κ1) is 26.8. The number of hydrogen-bond acceptors (Lipinski definition) is 5. The summed E-state index contributed by atoms with van der Waals surface area (Å²) >= 11 is 12.1. The number of benzene rings is 2. The molecular weight excluding hydrogens is 507 g/mol. The van der Waals surface area contributed by atoms with Gasteiger partial charge in [-0.25, -0.2) is 9.79 Å². The van der Waals surface area contributed by atoms with E-state index in [1.54, 1.807) is 36.5 Å². The van der Waals surface area contributed by atoms with Crippen LogP contribution < -0.4 is 21.7 Å². The van der Waals surface area contributed by atoms with Gasteiger partial charge in [0.05, 0.1) is 21.7 Å². The van der Waals surface area contributed by atoms with E-state index in [4.69, 9.17) is 34.2 Å². The molecule has 0 heterocycles. The predicted molar refractivity (Wildman–Crippen MR) is 136 cm³/mol. The lowest BCUT2D eigenvalue weighted by Crippen LogP contribution is -2.42. The first-order valence-corrected chi connectivity index (χ1v) is 11.8. The molecule has 188 valence electrons. The van der Waals surface area contributed by atoms with E-state index in [-0.39, 0.29) is 45.9 Å². The number of aliphatic imine (C=N–C) groups is 1. The number of carboxylic acid groups (broad SMARTS) is 1. The van der Waals surface area contributed by atoms with Crippen molar-refractivity contribution in [3.8, 4) is 6.19 Å². The molecule has 10 nitrogen and oxygen atoms in total. The fourth-order valence-corrected chi connectivity index (χ4v) is 4.52. The monoisotopic (exact) mass is 530 g/mol. The van der Waals surface area contributed by atoms with Crippen molar-refractivity contribution in [2.45, 2.75) is 37.8 Å². The normalized spacial score (nSPS) is 18.1. The lowest BCUT2D eigenvalue weighted by Gasteiger charge is -2.16. The van der Waals surface area contributed by atoms with Crippen molar-refractivity contribution >= 4 is 52.6 Å². The van der Waals surface area contributed by atoms with E-state index in [0.717, 1.165) is 0 Å². The van der Waals surface area contributed by atoms with Gasteiger partial charge in [-0.1, -0.05) is 41.4 Å². The number of halogens is 2. The minimum absolute atomic E-state index is 0.00833. The molecule has 0 spiro atoms. The van der Waals surface area contributed by atoms with Gasteiger partial charge in [0, 0.05) is 18.0 Å². The molecule has 1 unspecified atom stereocenters. The number of nitrogens with one attached hydrogen (secondary N) is 3. The Bertz CT molecular complexity index is 1190. The summed E-state index contributed by atoms with van der Waals surface area (Å²) < 4.78 is 0. The van der Waals surface area contributed by atoms with E-state index in [2.05, 4.69) is 20.9 Å². The lowest BCUT2D eigenvalue weighted by molar-refractivity contribution is -0.139. The Morgan fingerprint density at radius 2 is 1.81 bits per heavy atom. The molecule has 3 rings (SSSR count). The molecule has 0 bridgehead atoms. The maximum atomic E-state index is 12.6. The van der Waals surface area contributed by atoms with Crippen molar-refractivity contribution < 1.29 is 19.5 Å². The molecule has 0 aromatic heterocycles. The summed E-state index contributed by atoms with van der Waals surface area (Å²) in [4.78, 5) is 41.2. The average Bonchev–Trinajstić information content (AvgIpc) is 3.28. The molecule has 3 atom stereocenters. The Kier molecular flexibility index (Phi) is 9.11. The maximum Gasteiger partial charge on any atom is 0.326 e. The highest BCUT2D eigenvalue weighted by molar-refractivity contribution is 6.39. The van der Waals surface area contributed by atoms with Gasteiger partial charge in [0.2, 0.25) is 11.9 Å². The number of nitrogens with zero attached hydrogens (tertiary/aromatic N) is 2. The number of amides is 2. The highest BCUT2D eigenvalue weighted by atomic mass is 35.5. The van der Waals surface area contributed by atoms with Gasteiger partial charge < -0.3 is 21.5 Å². The topological polar surface area (TPSA) is 170 Å². The van der Waals surface area contributed by atoms with Crippen LogP contribution >= 0.6 is 23.2 Å². The first-order chi connectivity index (χ1) is 17.2. The summed E-state index contributed by atoms with van der Waals surface area (Å²) in [5, 5.41) is 26.0. The van der Waals surface area contributed by atoms with Crippen molar-refractivity contribution in [1.82, 2.24) is 10.6 Å². The van der Waals surface area contributed by atoms with Gasteiger partial charge in [0.15, 0.2) is 6.19 Å². The zero-order valence-corrected chi connectivity index (χ0v) is 20.5. The molecule has 2 aromatic carbocycles. The van der Waals surface area contributed by atoms with Gasteiger partial charge in [-0.3, -0.25) is 14.9 Å². The Labute approximate surface area is 217 Å². The molecule has 0 aliphatic heterocycles. The van der Waals surface area contributed by atoms with E-state index in [0.29, 0.717) is 30.5 Å². The van der Waals surface area contributed by atoms with Crippen molar-refractivity contribution in [2.24, 2.45) is 16.6 Å². The molecule has 0 saturated heterocycles. The van der Waals surface area contributed by atoms with E-state index < -0.39 is 17.9 Å². The number of nitrogens with two attached hydrogens (primary N) is 1. The van der Waals surface area contributed by atoms with Crippen LogP contribution in [0.1, 0.15) is 35.2 Å². The number of nitriles is 1. The van der Waals surface area contributed by atoms with Crippen LogP contribution in [0.25, 0.3) is 0 Å². The molecule has 12 heteroatoms. The fraction of sp³-hybridized carbons (Fsp3) is 0.292. The molecule has 36 heavy (non-hydrogen) atoms. The number of anilines is 1. The standard InChI is InChI=1S/C24H24Cl2N6O4/c25-17-2-1-3-18(26)20(17)22(34)32-19(23(35)36)10-13-4-7-15(8-5-13)30-21(33)14-6-9-16(11-14)31-24(28)29-12-27/h1-5,7-8,14,16,19H,6,9-11H2,(H,30,33)(H,32,34)(H,35,36)(H3,28,29,31)/t14-,16?,19-/m0/s1. The maximum absolute atomic E-state index is 12.6. The molecule has 2 amide bonds. The summed E-state index contributed by atoms with van der Waals surface area (Å²) in [6.45, 7) is 0. The second-order valence-electron chi connectivity index (χ2n) is 8.27. The van der Waals surface area contributed by atoms with Crippen LogP contribution in [0, 0.1) is 17.4 Å². The summed E-state index contributed by atoms with van der Waals surface area (Å²) in [5.41, 5.74) is 6.79. The van der Waals surface area contributed by atoms with Gasteiger partial charge >= 0.3 is 5.97 Å². The molecule has 2 aromatic rings. The van der Waals surface area contributed by atoms with Gasteiger partial charge in [-0.05, 0) is 49.1 Å². The Balaban J connectivity index is 1.58. The van der Waals surface area contributed by atoms with Crippen LogP contribution in [-0.4, -0.2) is 40.9 Å². The zero-order valence-electron chi connectivity index (χ0n) is 19.0. The van der Waals surface area contributed by atoms with Gasteiger partial charge in [-0.15, -0.1) is 0 Å². The molecule has 1 fully saturated rings. The smallest absolute Gasteiger partial charge is 0.326 e. The van der Waals surface area contributed by atoms with Crippen LogP contribution in [0.15, 0.2) is 47.5 Å². The third kappa shape index (κ3) is 7.10. The van der Waals surface area contributed by atoms with Gasteiger partial charge in [0.1, 0.15) is 6.04 Å². The molecule has 1 aliphatic carbocycles. The number of carboxylic acids is 1. The third-order valence-electron chi connectivity index (χ3n) is 5.74. The van der Waals surface area contributed by atoms with E-state index in [1.165, 1.54) is 12.1 Å². The van der Waals surface area contributed by atoms with Crippen molar-refractivity contribution in [2.75, 3.05) is 5.32 Å². The summed E-state index contributed by atoms with van der Waals surface area (Å²) in [6, 6.07) is 9.90. The average molecular weight is 531 g/mol. The van der Waals surface area contributed by atoms with Crippen LogP contribution in [-0.2, 0) is 16.0 Å². The zero-order chi connectivity index (χ0) is 26.2. The van der Waals surface area contributed by atoms with Gasteiger partial charge in [-0.2, -0.15) is 5.26 Å². The second-order valence-corrected chi connectivity index (χ2v) is 9.08. The molecule has 1 saturated carbocycles. The number of hydrogen-bond donors (Lipinski definition) is 5. The summed E-state index contributed by atoms with van der Waals surface area (Å²) in [7, 11) is 0. The van der Waals surface area contributed by atoms with Crippen molar-refractivity contribution in [3.63, 3.8) is 0 Å². The number of aliphatic carboxylic acids is 1. The largest absolute Gasteiger partial charge is 0.480 e. The fourth-order valence-electron chi connectivity index (χ4n) is 3.95. The predicted octanol–water partition coefficient (Wildman–Crippen LogP) is 2.91. The van der Waals surface area contributed by atoms with E-state index in [1.807, 2.05) is 0 Å². The van der Waals surface area contributed by atoms with Crippen LogP contribution in [0.3, 0.4) is 0 Å². The van der Waals surface area contributed by atoms with Gasteiger partial charge in [0.25, 0.3) is 5.91 Å². The molecule has 6 N–H and O–H groups in total. The highest BCUT2D eigenvalue weighted by Gasteiger charge is 2.30. The number of carbonyl (C=O) groups is 3. The van der Waals surface area contributed by atoms with Crippen molar-refractivity contribution in [1.29, 1.82) is 5.26 Å². The Hall–Kier alpha value is -3.81. The molecule has 0 radical (unpaired) electrons. The van der Waals surface area contributed by atoms with Crippen molar-refractivity contribution in [3.05, 3.63) is 63.6 Å². The quantitative estimate of drug-likeness (QED) is 0.151. The Morgan fingerprint density at radius 1 is 1.14 bits per heavy atom. The van der Waals surface area contributed by atoms with Crippen LogP contribution in [0.5, 0.6) is 0 Å². The third-order valence-corrected chi connectivity index (χ3v) is 6.37. The van der Waals surface area contributed by atoms with Crippen LogP contribution in [0.2, 0.25) is 10.0 Å². The number of rotatable bonds is 8. The number of carbonyl (C=O) groups excluding carboxylic acids is 2. The second kappa shape index (κ2) is 12.2. The van der Waals surface area contributed by atoms with E-state index >= 15 is 0 Å². The van der Waals surface area contributed by atoms with Crippen LogP contribution in [0.4, 0.5) is 5.69 Å². The SMILES string of the molecule is N#CNC(N)=NC1CC[C@H](C(=O)Nc2ccc(C[C@H](NC(=O)c3c(Cl)cccc3Cl)C(=O)O)cc2)C1. The molecule has 1 aliphatic rings. The lowest BCUT2D eigenvalue weighted by atomic mass is 10.0. The first-order valence-electron chi connectivity index (χ1n) is 11.0. The summed E-state index contributed by atoms with van der Waals surface area (Å²) in [5.74, 6) is -2.26. The minimum Gasteiger partial charge on any atom is -0.480 e. The highest BCUT2D eigenvalue weighted by Crippen LogP contribution is 2.29. The summed E-state index contributed by atoms with van der Waals surface area (Å²) in [6.07, 6.45) is 3.57. The van der Waals surface area contributed by atoms with E-state index in [9.17, 15) is 19.5 Å². The number of guanidine groups is 1. The minimum atomic E-state index is -1.22. The Morgan fingerprint density at radius 3 is 2.42 bits per heavy atom. The molecular formula is C24H24Cl2N6O4.